The van der Waals surface area contributed by atoms with Gasteiger partial charge in [0, 0.05) is 6.42 Å². The van der Waals surface area contributed by atoms with E-state index in [4.69, 9.17) is 10.00 Å². The van der Waals surface area contributed by atoms with Crippen molar-refractivity contribution in [3.63, 3.8) is 0 Å². The number of esters is 1. The van der Waals surface area contributed by atoms with Crippen LogP contribution in [0.25, 0.3) is 10.9 Å². The smallest absolute Gasteiger partial charge is 0.307 e. The molecule has 0 fully saturated rings. The molecule has 1 amide bonds. The van der Waals surface area contributed by atoms with Crippen LogP contribution in [-0.2, 0) is 20.7 Å². The first kappa shape index (κ1) is 19.3. The van der Waals surface area contributed by atoms with E-state index in [0.717, 1.165) is 0 Å². The zero-order valence-corrected chi connectivity index (χ0v) is 15.7. The molecule has 142 valence electrons. The fraction of sp³-hybridized carbons (Fsp3) is 0.211. The van der Waals surface area contributed by atoms with E-state index in [9.17, 15) is 14.4 Å². The molecule has 0 saturated carbocycles. The number of amides is 1. The number of aryl methyl sites for hydroxylation is 1. The molecule has 0 aliphatic carbocycles. The average molecular weight is 396 g/mol. The summed E-state index contributed by atoms with van der Waals surface area (Å²) in [7, 11) is 0. The summed E-state index contributed by atoms with van der Waals surface area (Å²) in [5.41, 5.74) is 0.626. The Morgan fingerprint density at radius 2 is 2.14 bits per heavy atom. The van der Waals surface area contributed by atoms with Crippen LogP contribution in [0.15, 0.2) is 40.5 Å². The summed E-state index contributed by atoms with van der Waals surface area (Å²) >= 11 is 1.21. The molecule has 1 atom stereocenters. The van der Waals surface area contributed by atoms with Crippen LogP contribution >= 0.6 is 11.3 Å². The maximum Gasteiger partial charge on any atom is 0.307 e. The topological polar surface area (TPSA) is 125 Å². The SMILES string of the molecule is C[C@H](OC(=O)CCc1nc2ccccc2c(=O)[nH]1)C(=O)Nc1sccc1C#N. The largest absolute Gasteiger partial charge is 0.453 e. The maximum absolute atomic E-state index is 12.1. The lowest BCUT2D eigenvalue weighted by Crippen LogP contribution is -2.30. The summed E-state index contributed by atoms with van der Waals surface area (Å²) in [6.07, 6.45) is -0.886. The summed E-state index contributed by atoms with van der Waals surface area (Å²) in [6, 6.07) is 10.5. The van der Waals surface area contributed by atoms with Crippen molar-refractivity contribution in [2.75, 3.05) is 5.32 Å². The number of benzene rings is 1. The van der Waals surface area contributed by atoms with Gasteiger partial charge in [-0.25, -0.2) is 4.98 Å². The van der Waals surface area contributed by atoms with Gasteiger partial charge in [0.2, 0.25) is 0 Å². The van der Waals surface area contributed by atoms with Crippen LogP contribution in [0.3, 0.4) is 0 Å². The number of carbonyl (C=O) groups excluding carboxylic acids is 2. The second-order valence-corrected chi connectivity index (χ2v) is 6.84. The number of aromatic amines is 1. The van der Waals surface area contributed by atoms with Crippen molar-refractivity contribution in [3.05, 3.63) is 57.5 Å². The van der Waals surface area contributed by atoms with Crippen molar-refractivity contribution in [1.29, 1.82) is 5.26 Å². The number of fused-ring (bicyclic) bond motifs is 1. The first-order valence-electron chi connectivity index (χ1n) is 8.44. The van der Waals surface area contributed by atoms with E-state index in [1.807, 2.05) is 6.07 Å². The van der Waals surface area contributed by atoms with Gasteiger partial charge in [-0.1, -0.05) is 12.1 Å². The standard InChI is InChI=1S/C19H16N4O4S/c1-11(17(25)23-19-12(10-20)8-9-28-19)27-16(24)7-6-15-21-14-5-3-2-4-13(14)18(26)22-15/h2-5,8-9,11H,6-7H2,1H3,(H,23,25)(H,21,22,26)/t11-/m0/s1. The van der Waals surface area contributed by atoms with E-state index in [2.05, 4.69) is 15.3 Å². The summed E-state index contributed by atoms with van der Waals surface area (Å²) in [5.74, 6) is -0.746. The minimum atomic E-state index is -1.02. The van der Waals surface area contributed by atoms with Crippen molar-refractivity contribution >= 4 is 39.1 Å². The molecule has 28 heavy (non-hydrogen) atoms. The number of ether oxygens (including phenoxy) is 1. The number of thiophene rings is 1. The predicted molar refractivity (Wildman–Crippen MR) is 104 cm³/mol. The molecule has 0 unspecified atom stereocenters. The lowest BCUT2D eigenvalue weighted by Gasteiger charge is -2.13. The second kappa shape index (κ2) is 8.45. The molecule has 0 radical (unpaired) electrons. The first-order valence-corrected chi connectivity index (χ1v) is 9.31. The fourth-order valence-electron chi connectivity index (χ4n) is 2.49. The minimum Gasteiger partial charge on any atom is -0.453 e. The molecule has 2 heterocycles. The van der Waals surface area contributed by atoms with Crippen LogP contribution in [0, 0.1) is 11.3 Å². The number of nitriles is 1. The van der Waals surface area contributed by atoms with Crippen LogP contribution in [0.4, 0.5) is 5.00 Å². The van der Waals surface area contributed by atoms with Crippen molar-refractivity contribution in [2.45, 2.75) is 25.9 Å². The third kappa shape index (κ3) is 4.42. The Labute approximate surface area is 163 Å². The average Bonchev–Trinajstić information content (AvgIpc) is 3.13. The molecule has 0 aliphatic rings. The monoisotopic (exact) mass is 396 g/mol. The third-order valence-corrected chi connectivity index (χ3v) is 4.76. The van der Waals surface area contributed by atoms with E-state index in [1.54, 1.807) is 35.7 Å². The summed E-state index contributed by atoms with van der Waals surface area (Å²) < 4.78 is 5.12. The summed E-state index contributed by atoms with van der Waals surface area (Å²) in [4.78, 5) is 43.2. The molecule has 0 bridgehead atoms. The molecule has 0 spiro atoms. The number of rotatable bonds is 6. The molecular weight excluding hydrogens is 380 g/mol. The van der Waals surface area contributed by atoms with Crippen molar-refractivity contribution in [1.82, 2.24) is 9.97 Å². The zero-order chi connectivity index (χ0) is 20.1. The fourth-order valence-corrected chi connectivity index (χ4v) is 3.23. The normalized spacial score (nSPS) is 11.6. The second-order valence-electron chi connectivity index (χ2n) is 5.93. The Kier molecular flexibility index (Phi) is 5.81. The van der Waals surface area contributed by atoms with Gasteiger partial charge in [-0.15, -0.1) is 11.3 Å². The quantitative estimate of drug-likeness (QED) is 0.616. The van der Waals surface area contributed by atoms with Crippen LogP contribution in [0.2, 0.25) is 0 Å². The Hall–Kier alpha value is -3.51. The number of anilines is 1. The van der Waals surface area contributed by atoms with Gasteiger partial charge in [-0.2, -0.15) is 5.26 Å². The van der Waals surface area contributed by atoms with Gasteiger partial charge in [-0.05, 0) is 30.5 Å². The van der Waals surface area contributed by atoms with Gasteiger partial charge in [0.15, 0.2) is 6.10 Å². The van der Waals surface area contributed by atoms with Crippen molar-refractivity contribution in [3.8, 4) is 6.07 Å². The van der Waals surface area contributed by atoms with Gasteiger partial charge in [-0.3, -0.25) is 14.4 Å². The van der Waals surface area contributed by atoms with Gasteiger partial charge < -0.3 is 15.0 Å². The van der Waals surface area contributed by atoms with Crippen molar-refractivity contribution in [2.24, 2.45) is 0 Å². The highest BCUT2D eigenvalue weighted by molar-refractivity contribution is 7.14. The van der Waals surface area contributed by atoms with E-state index < -0.39 is 18.0 Å². The van der Waals surface area contributed by atoms with Crippen LogP contribution < -0.4 is 10.9 Å². The van der Waals surface area contributed by atoms with Crippen LogP contribution in [-0.4, -0.2) is 27.9 Å². The predicted octanol–water partition coefficient (Wildman–Crippen LogP) is 2.36. The Balaban J connectivity index is 1.56. The lowest BCUT2D eigenvalue weighted by atomic mass is 10.2. The molecule has 0 saturated heterocycles. The highest BCUT2D eigenvalue weighted by Gasteiger charge is 2.19. The molecule has 1 aromatic carbocycles. The third-order valence-electron chi connectivity index (χ3n) is 3.93. The van der Waals surface area contributed by atoms with Gasteiger partial charge in [0.1, 0.15) is 16.9 Å². The molecule has 3 aromatic rings. The van der Waals surface area contributed by atoms with E-state index in [1.165, 1.54) is 18.3 Å². The molecule has 3 rings (SSSR count). The number of hydrogen-bond donors (Lipinski definition) is 2. The zero-order valence-electron chi connectivity index (χ0n) is 14.9. The Morgan fingerprint density at radius 1 is 1.36 bits per heavy atom. The molecule has 8 nitrogen and oxygen atoms in total. The Morgan fingerprint density at radius 3 is 2.93 bits per heavy atom. The summed E-state index contributed by atoms with van der Waals surface area (Å²) in [5, 5.41) is 14.1. The number of para-hydroxylation sites is 1. The Bertz CT molecular complexity index is 1130. The van der Waals surface area contributed by atoms with Crippen molar-refractivity contribution < 1.29 is 14.3 Å². The number of H-pyrrole nitrogens is 1. The van der Waals surface area contributed by atoms with Gasteiger partial charge in [0.25, 0.3) is 11.5 Å². The number of nitrogens with one attached hydrogen (secondary N) is 2. The van der Waals surface area contributed by atoms with E-state index in [0.29, 0.717) is 27.3 Å². The maximum atomic E-state index is 12.1. The molecule has 0 aliphatic heterocycles. The number of nitrogens with zero attached hydrogens (tertiary/aromatic N) is 2. The van der Waals surface area contributed by atoms with Gasteiger partial charge in [0.05, 0.1) is 22.9 Å². The summed E-state index contributed by atoms with van der Waals surface area (Å²) in [6.45, 7) is 1.45. The minimum absolute atomic E-state index is 0.0403. The van der Waals surface area contributed by atoms with Gasteiger partial charge >= 0.3 is 5.97 Å². The number of aromatic nitrogens is 2. The molecular formula is C19H16N4O4S. The first-order chi connectivity index (χ1) is 13.5. The van der Waals surface area contributed by atoms with E-state index >= 15 is 0 Å². The van der Waals surface area contributed by atoms with E-state index in [-0.39, 0.29) is 18.4 Å². The highest BCUT2D eigenvalue weighted by atomic mass is 32.1. The highest BCUT2D eigenvalue weighted by Crippen LogP contribution is 2.22. The lowest BCUT2D eigenvalue weighted by molar-refractivity contribution is -0.153. The van der Waals surface area contributed by atoms with Crippen LogP contribution in [0.5, 0.6) is 0 Å². The molecule has 2 N–H and O–H groups in total. The van der Waals surface area contributed by atoms with Crippen LogP contribution in [0.1, 0.15) is 24.7 Å². The number of carbonyl (C=O) groups is 2. The molecule has 2 aromatic heterocycles. The molecule has 9 heteroatoms. The number of hydrogen-bond acceptors (Lipinski definition) is 7.